The van der Waals surface area contributed by atoms with Crippen molar-refractivity contribution in [3.8, 4) is 5.75 Å². The van der Waals surface area contributed by atoms with E-state index in [0.29, 0.717) is 6.54 Å². The first-order valence-corrected chi connectivity index (χ1v) is 6.11. The number of benzene rings is 1. The molecule has 1 saturated heterocycles. The molecule has 1 fully saturated rings. The smallest absolute Gasteiger partial charge is 0.286 e. The SMILES string of the molecule is O=C1NC(=O)C([C@H]2CNc3cc(O)ccc32)S1. The Morgan fingerprint density at radius 1 is 1.35 bits per heavy atom. The van der Waals surface area contributed by atoms with Crippen molar-refractivity contribution in [1.29, 1.82) is 0 Å². The second-order valence-electron chi connectivity index (χ2n) is 4.07. The van der Waals surface area contributed by atoms with Gasteiger partial charge in [-0.3, -0.25) is 14.9 Å². The summed E-state index contributed by atoms with van der Waals surface area (Å²) in [5.74, 6) is -0.0636. The number of phenolic OH excluding ortho intramolecular Hbond substituents is 1. The number of nitrogens with one attached hydrogen (secondary N) is 2. The maximum absolute atomic E-state index is 11.6. The molecule has 2 atom stereocenters. The second-order valence-corrected chi connectivity index (χ2v) is 5.19. The Labute approximate surface area is 102 Å². The van der Waals surface area contributed by atoms with Gasteiger partial charge in [0.25, 0.3) is 5.24 Å². The van der Waals surface area contributed by atoms with Crippen LogP contribution < -0.4 is 10.6 Å². The van der Waals surface area contributed by atoms with Crippen LogP contribution in [-0.4, -0.2) is 28.0 Å². The molecule has 17 heavy (non-hydrogen) atoms. The fourth-order valence-corrected chi connectivity index (χ4v) is 3.22. The first kappa shape index (κ1) is 10.5. The van der Waals surface area contributed by atoms with Crippen LogP contribution in [0.1, 0.15) is 11.5 Å². The molecule has 0 bridgehead atoms. The summed E-state index contributed by atoms with van der Waals surface area (Å²) in [4.78, 5) is 22.8. The van der Waals surface area contributed by atoms with Crippen LogP contribution in [0.25, 0.3) is 0 Å². The van der Waals surface area contributed by atoms with E-state index in [2.05, 4.69) is 10.6 Å². The van der Waals surface area contributed by atoms with E-state index < -0.39 is 0 Å². The van der Waals surface area contributed by atoms with Crippen LogP contribution in [0.4, 0.5) is 10.5 Å². The summed E-state index contributed by atoms with van der Waals surface area (Å²) in [6.45, 7) is 0.608. The maximum atomic E-state index is 11.6. The Morgan fingerprint density at radius 2 is 2.18 bits per heavy atom. The molecular weight excluding hydrogens is 240 g/mol. The minimum absolute atomic E-state index is 0.0259. The first-order chi connectivity index (χ1) is 8.15. The van der Waals surface area contributed by atoms with Crippen molar-refractivity contribution in [2.24, 2.45) is 0 Å². The highest BCUT2D eigenvalue weighted by molar-refractivity contribution is 8.15. The molecule has 1 aromatic rings. The molecule has 1 unspecified atom stereocenters. The normalized spacial score (nSPS) is 26.6. The average Bonchev–Trinajstić information content (AvgIpc) is 2.81. The van der Waals surface area contributed by atoms with Gasteiger partial charge in [-0.25, -0.2) is 0 Å². The van der Waals surface area contributed by atoms with Gasteiger partial charge >= 0.3 is 0 Å². The summed E-state index contributed by atoms with van der Waals surface area (Å²) >= 11 is 1.04. The monoisotopic (exact) mass is 250 g/mol. The molecule has 0 aliphatic carbocycles. The third-order valence-corrected chi connectivity index (χ3v) is 4.14. The van der Waals surface area contributed by atoms with Crippen molar-refractivity contribution in [1.82, 2.24) is 5.32 Å². The zero-order chi connectivity index (χ0) is 12.0. The number of amides is 2. The van der Waals surface area contributed by atoms with Gasteiger partial charge in [-0.1, -0.05) is 17.8 Å². The quantitative estimate of drug-likeness (QED) is 0.699. The highest BCUT2D eigenvalue weighted by Gasteiger charge is 2.41. The summed E-state index contributed by atoms with van der Waals surface area (Å²) in [5.41, 5.74) is 1.81. The van der Waals surface area contributed by atoms with E-state index in [1.165, 1.54) is 0 Å². The van der Waals surface area contributed by atoms with Crippen molar-refractivity contribution < 1.29 is 14.7 Å². The van der Waals surface area contributed by atoms with Gasteiger partial charge < -0.3 is 10.4 Å². The number of fused-ring (bicyclic) bond motifs is 1. The number of rotatable bonds is 1. The molecule has 0 spiro atoms. The van der Waals surface area contributed by atoms with Gasteiger partial charge in [-0.2, -0.15) is 0 Å². The van der Waals surface area contributed by atoms with Gasteiger partial charge in [-0.15, -0.1) is 0 Å². The summed E-state index contributed by atoms with van der Waals surface area (Å²) in [5, 5.41) is 14.1. The Balaban J connectivity index is 1.93. The Kier molecular flexibility index (Phi) is 2.25. The Morgan fingerprint density at radius 3 is 2.88 bits per heavy atom. The highest BCUT2D eigenvalue weighted by Crippen LogP contribution is 2.41. The van der Waals surface area contributed by atoms with Gasteiger partial charge in [0.05, 0.1) is 0 Å². The molecule has 0 radical (unpaired) electrons. The number of imide groups is 1. The second kappa shape index (κ2) is 3.66. The van der Waals surface area contributed by atoms with Crippen molar-refractivity contribution in [2.75, 3.05) is 11.9 Å². The molecule has 6 heteroatoms. The lowest BCUT2D eigenvalue weighted by Crippen LogP contribution is -2.29. The van der Waals surface area contributed by atoms with E-state index in [1.54, 1.807) is 18.2 Å². The van der Waals surface area contributed by atoms with E-state index in [4.69, 9.17) is 0 Å². The number of thioether (sulfide) groups is 1. The van der Waals surface area contributed by atoms with E-state index in [1.807, 2.05) is 0 Å². The zero-order valence-electron chi connectivity index (χ0n) is 8.77. The predicted octanol–water partition coefficient (Wildman–Crippen LogP) is 1.25. The lowest BCUT2D eigenvalue weighted by molar-refractivity contribution is -0.119. The lowest BCUT2D eigenvalue weighted by Gasteiger charge is -2.13. The Hall–Kier alpha value is -1.69. The zero-order valence-corrected chi connectivity index (χ0v) is 9.58. The van der Waals surface area contributed by atoms with Crippen LogP contribution in [0.15, 0.2) is 18.2 Å². The molecule has 0 saturated carbocycles. The summed E-state index contributed by atoms with van der Waals surface area (Å²) in [7, 11) is 0. The number of phenols is 1. The minimum Gasteiger partial charge on any atom is -0.508 e. The predicted molar refractivity (Wildman–Crippen MR) is 64.3 cm³/mol. The molecule has 1 aromatic carbocycles. The molecule has 88 valence electrons. The van der Waals surface area contributed by atoms with Crippen LogP contribution in [0.2, 0.25) is 0 Å². The van der Waals surface area contributed by atoms with Crippen LogP contribution in [0, 0.1) is 0 Å². The molecule has 3 rings (SSSR count). The number of carbonyl (C=O) groups excluding carboxylic acids is 2. The van der Waals surface area contributed by atoms with Crippen LogP contribution in [-0.2, 0) is 4.79 Å². The largest absolute Gasteiger partial charge is 0.508 e. The Bertz CT molecular complexity index is 517. The third-order valence-electron chi connectivity index (χ3n) is 3.03. The summed E-state index contributed by atoms with van der Waals surface area (Å²) in [6.07, 6.45) is 0. The van der Waals surface area contributed by atoms with Crippen molar-refractivity contribution >= 4 is 28.6 Å². The molecule has 2 aliphatic rings. The molecular formula is C11H10N2O3S. The maximum Gasteiger partial charge on any atom is 0.286 e. The minimum atomic E-state index is -0.374. The summed E-state index contributed by atoms with van der Waals surface area (Å²) in [6, 6.07) is 5.03. The third kappa shape index (κ3) is 1.64. The molecule has 2 heterocycles. The number of anilines is 1. The average molecular weight is 250 g/mol. The van der Waals surface area contributed by atoms with E-state index >= 15 is 0 Å². The van der Waals surface area contributed by atoms with Crippen molar-refractivity contribution in [2.45, 2.75) is 11.2 Å². The summed E-state index contributed by atoms with van der Waals surface area (Å²) < 4.78 is 0. The van der Waals surface area contributed by atoms with Crippen LogP contribution >= 0.6 is 11.8 Å². The van der Waals surface area contributed by atoms with Gasteiger partial charge in [0.15, 0.2) is 0 Å². The number of hydrogen-bond acceptors (Lipinski definition) is 5. The van der Waals surface area contributed by atoms with Gasteiger partial charge in [0.2, 0.25) is 5.91 Å². The van der Waals surface area contributed by atoms with Gasteiger partial charge in [0.1, 0.15) is 11.0 Å². The standard InChI is InChI=1S/C11H10N2O3S/c14-5-1-2-6-7(4-12-8(6)3-5)9-10(15)13-11(16)17-9/h1-3,7,9,12,14H,4H2,(H,13,15,16)/t7-,9?/m0/s1. The molecule has 2 amide bonds. The fraction of sp³-hybridized carbons (Fsp3) is 0.273. The van der Waals surface area contributed by atoms with Crippen LogP contribution in [0.3, 0.4) is 0 Å². The molecule has 5 nitrogen and oxygen atoms in total. The number of carbonyl (C=O) groups is 2. The fourth-order valence-electron chi connectivity index (χ4n) is 2.26. The lowest BCUT2D eigenvalue weighted by atomic mass is 9.97. The molecule has 0 aromatic heterocycles. The molecule has 2 aliphatic heterocycles. The van der Waals surface area contributed by atoms with E-state index in [0.717, 1.165) is 23.0 Å². The van der Waals surface area contributed by atoms with Crippen LogP contribution in [0.5, 0.6) is 5.75 Å². The topological polar surface area (TPSA) is 78.4 Å². The number of aromatic hydroxyl groups is 1. The molecule has 3 N–H and O–H groups in total. The van der Waals surface area contributed by atoms with Crippen molar-refractivity contribution in [3.05, 3.63) is 23.8 Å². The number of hydrogen-bond donors (Lipinski definition) is 3. The first-order valence-electron chi connectivity index (χ1n) is 5.23. The van der Waals surface area contributed by atoms with E-state index in [9.17, 15) is 14.7 Å². The highest BCUT2D eigenvalue weighted by atomic mass is 32.2. The van der Waals surface area contributed by atoms with Gasteiger partial charge in [0, 0.05) is 24.2 Å². The van der Waals surface area contributed by atoms with Crippen molar-refractivity contribution in [3.63, 3.8) is 0 Å². The van der Waals surface area contributed by atoms with E-state index in [-0.39, 0.29) is 28.1 Å². The van der Waals surface area contributed by atoms with Gasteiger partial charge in [-0.05, 0) is 11.6 Å².